The Morgan fingerprint density at radius 1 is 0.639 bits per heavy atom. The smallest absolute Gasteiger partial charge is 0.330 e. The lowest BCUT2D eigenvalue weighted by Gasteiger charge is -2.31. The minimum absolute atomic E-state index is 0.00332. The first-order chi connectivity index (χ1) is 57.5. The van der Waals surface area contributed by atoms with Crippen molar-refractivity contribution < 1.29 is 110 Å². The number of aliphatic hydroxyl groups is 1. The Morgan fingerprint density at radius 2 is 1.20 bits per heavy atom. The van der Waals surface area contributed by atoms with E-state index in [1.165, 1.54) is 28.0 Å². The number of amides is 10. The molecule has 36 nitrogen and oxygen atoms in total. The first kappa shape index (κ1) is 95.2. The van der Waals surface area contributed by atoms with Gasteiger partial charge in [-0.1, -0.05) is 27.7 Å². The second kappa shape index (κ2) is 50.7. The van der Waals surface area contributed by atoms with Gasteiger partial charge < -0.3 is 104 Å². The average Bonchev–Trinajstić information content (AvgIpc) is 1.58. The molecule has 0 aliphatic carbocycles. The Balaban J connectivity index is 0.830. The molecule has 3 aromatic heterocycles. The maximum Gasteiger partial charge on any atom is 0.330 e. The normalized spacial score (nSPS) is 16.1. The van der Waals surface area contributed by atoms with E-state index in [0.29, 0.717) is 180 Å². The lowest BCUT2D eigenvalue weighted by atomic mass is 9.84. The van der Waals surface area contributed by atoms with Gasteiger partial charge in [0.25, 0.3) is 23.6 Å². The maximum atomic E-state index is 15.6. The second-order valence-corrected chi connectivity index (χ2v) is 29.3. The summed E-state index contributed by atoms with van der Waals surface area (Å²) in [4.78, 5) is 158. The first-order valence-electron chi connectivity index (χ1n) is 41.1. The van der Waals surface area contributed by atoms with Gasteiger partial charge in [0.1, 0.15) is 18.7 Å². The van der Waals surface area contributed by atoms with Crippen LogP contribution in [0.15, 0.2) is 36.4 Å². The number of likely N-dealkylation sites (N-methyl/N-ethyl adjacent to an activating group) is 1. The summed E-state index contributed by atoms with van der Waals surface area (Å²) in [7, 11) is 1.61. The van der Waals surface area contributed by atoms with Crippen LogP contribution in [0.3, 0.4) is 0 Å². The van der Waals surface area contributed by atoms with Crippen LogP contribution in [0.4, 0.5) is 4.79 Å². The number of imide groups is 2. The van der Waals surface area contributed by atoms with E-state index in [0.717, 1.165) is 21.6 Å². The molecule has 9 N–H and O–H groups in total. The molecule has 5 aliphatic heterocycles. The number of aromatic nitrogens is 4. The van der Waals surface area contributed by atoms with Gasteiger partial charge in [-0.2, -0.15) is 0 Å². The number of nitrogens with two attached hydrogens (primary N) is 1. The number of nitrogens with zero attached hydrogens (tertiary/aromatic N) is 6. The van der Waals surface area contributed by atoms with Crippen molar-refractivity contribution in [3.63, 3.8) is 0 Å². The number of morpholine rings is 1. The number of aromatic amines is 2. The summed E-state index contributed by atoms with van der Waals surface area (Å²) < 4.78 is 66.1. The number of ether oxygens (including phenoxy) is 12. The number of allylic oxidation sites excluding steroid dienone is 2. The number of urea groups is 1. The number of hydrogen-bond acceptors (Lipinski definition) is 26. The van der Waals surface area contributed by atoms with Gasteiger partial charge in [-0.25, -0.2) is 14.6 Å². The number of esters is 1. The topological polar surface area (TPSA) is 446 Å². The number of aryl methyl sites for hydroxylation is 2. The number of H-pyrrole nitrogens is 2. The Morgan fingerprint density at radius 3 is 1.79 bits per heavy atom. The van der Waals surface area contributed by atoms with Crippen LogP contribution in [0, 0.1) is 19.8 Å². The van der Waals surface area contributed by atoms with Crippen molar-refractivity contribution in [3.05, 3.63) is 87.0 Å². The zero-order chi connectivity index (χ0) is 85.6. The summed E-state index contributed by atoms with van der Waals surface area (Å²) in [6, 6.07) is 2.83. The third-order valence-electron chi connectivity index (χ3n) is 20.7. The molecule has 0 aromatic carbocycles. The van der Waals surface area contributed by atoms with Crippen LogP contribution in [0.5, 0.6) is 0 Å². The second-order valence-electron chi connectivity index (χ2n) is 29.3. The van der Waals surface area contributed by atoms with E-state index in [1.54, 1.807) is 27.0 Å². The molecule has 8 bridgehead atoms. The molecule has 656 valence electrons. The number of carbonyl (C=O) groups excluding carboxylic acids is 10. The molecule has 8 heterocycles. The minimum Gasteiger partial charge on any atom is -0.460 e. The van der Waals surface area contributed by atoms with Crippen molar-refractivity contribution in [2.45, 2.75) is 111 Å². The Bertz CT molecular complexity index is 4160. The monoisotopic (exact) mass is 1670 g/mol. The predicted molar refractivity (Wildman–Crippen MR) is 438 cm³/mol. The third-order valence-corrected chi connectivity index (χ3v) is 20.7. The van der Waals surface area contributed by atoms with Crippen LogP contribution in [0.1, 0.15) is 145 Å². The van der Waals surface area contributed by atoms with E-state index in [9.17, 15) is 38.4 Å². The zero-order valence-electron chi connectivity index (χ0n) is 70.0. The number of rotatable bonds is 56. The predicted octanol–water partition coefficient (Wildman–Crippen LogP) is 3.55. The molecule has 0 spiro atoms. The highest BCUT2D eigenvalue weighted by atomic mass is 16.6. The van der Waals surface area contributed by atoms with Gasteiger partial charge in [0.05, 0.1) is 192 Å². The summed E-state index contributed by atoms with van der Waals surface area (Å²) in [5.74, 6) is -5.54. The van der Waals surface area contributed by atoms with Crippen molar-refractivity contribution in [1.82, 2.24) is 60.8 Å². The highest BCUT2D eigenvalue weighted by Crippen LogP contribution is 2.45. The third kappa shape index (κ3) is 29.5. The molecule has 0 unspecified atom stereocenters. The molecule has 4 atom stereocenters. The molecule has 0 radical (unpaired) electrons. The minimum atomic E-state index is -1.13. The first-order valence-corrected chi connectivity index (χ1v) is 41.1. The highest BCUT2D eigenvalue weighted by molar-refractivity contribution is 6.23. The van der Waals surface area contributed by atoms with E-state index >= 15 is 9.59 Å². The molecule has 10 amide bonds. The van der Waals surface area contributed by atoms with Crippen LogP contribution < -0.4 is 27.0 Å². The number of aliphatic hydroxyl groups excluding tert-OH is 1. The molecule has 1 fully saturated rings. The van der Waals surface area contributed by atoms with Crippen molar-refractivity contribution in [2.75, 3.05) is 218 Å². The lowest BCUT2D eigenvalue weighted by Crippen LogP contribution is -2.56. The summed E-state index contributed by atoms with van der Waals surface area (Å²) in [5.41, 5.74) is 14.4. The van der Waals surface area contributed by atoms with Gasteiger partial charge in [0.2, 0.25) is 23.6 Å². The maximum absolute atomic E-state index is 15.6. The molecule has 1 saturated heterocycles. The summed E-state index contributed by atoms with van der Waals surface area (Å²) in [6.45, 7) is 22.4. The van der Waals surface area contributed by atoms with Crippen LogP contribution in [0.25, 0.3) is 39.3 Å². The van der Waals surface area contributed by atoms with Gasteiger partial charge in [-0.3, -0.25) is 58.0 Å². The molecule has 3 aromatic rings. The molecule has 36 heteroatoms. The molecule has 0 saturated carbocycles. The van der Waals surface area contributed by atoms with Gasteiger partial charge >= 0.3 is 12.0 Å². The standard InChI is InChI=1S/C83H121N13O23/c1-9-59-55(4)64-52-68-60(13-17-73(102)119-50-49-118-38-35-111-32-27-97)56(5)63(88-68)51-65-57(6)61(77(89-65)75-78-74(58(7)66(90-78)53-67(59)87-64)81(105)96(82(75)106)23-22-94-24-29-109-30-25-94)12-14-70(99)93(8)21-20-85-79(103)62(11-10-19-86-83(84)107)91-80(104)76(54(2)3)92-69(98)18-28-108-33-36-112-39-41-114-43-45-116-47-48-117-46-44-115-42-40-113-37-34-110-31-26-95-71(100)15-16-72(95)101/h13,15-17,51-54,57,61-62,76,88,90,97H,9-12,14,18-50H2,1-8H3,(H,85,103)(H,91,104)(H,92,98)(H3,84,86,107)/b17-13+,63-51?,64-52?,65-51?,66-53?,67-53?,68-52?,77-75?/t57-,61-,62-,76-/m0/s1. The molecule has 5 aliphatic rings. The average molecular weight is 1670 g/mol. The van der Waals surface area contributed by atoms with Crippen LogP contribution >= 0.6 is 0 Å². The number of fused-ring (bicyclic) bond motifs is 8. The Labute approximate surface area is 693 Å². The number of carbonyl (C=O) groups is 10. The molecular formula is C83H121N13O23. The number of primary amides is 1. The van der Waals surface area contributed by atoms with Crippen molar-refractivity contribution in [1.29, 1.82) is 0 Å². The molecular weight excluding hydrogens is 1550 g/mol. The largest absolute Gasteiger partial charge is 0.460 e. The van der Waals surface area contributed by atoms with E-state index in [1.807, 2.05) is 52.8 Å². The van der Waals surface area contributed by atoms with Crippen LogP contribution in [-0.4, -0.2) is 334 Å². The lowest BCUT2D eigenvalue weighted by molar-refractivity contribution is -0.140. The zero-order valence-corrected chi connectivity index (χ0v) is 70.0. The van der Waals surface area contributed by atoms with Crippen molar-refractivity contribution in [2.24, 2.45) is 11.7 Å². The fourth-order valence-corrected chi connectivity index (χ4v) is 13.9. The van der Waals surface area contributed by atoms with Crippen molar-refractivity contribution >= 4 is 98.5 Å². The molecule has 8 rings (SSSR count). The van der Waals surface area contributed by atoms with E-state index in [-0.39, 0.29) is 154 Å². The highest BCUT2D eigenvalue weighted by Gasteiger charge is 2.42. The van der Waals surface area contributed by atoms with Gasteiger partial charge in [0.15, 0.2) is 0 Å². The summed E-state index contributed by atoms with van der Waals surface area (Å²) in [5, 5.41) is 19.9. The van der Waals surface area contributed by atoms with E-state index < -0.39 is 71.4 Å². The summed E-state index contributed by atoms with van der Waals surface area (Å²) in [6.07, 6.45) is 6.56. The number of nitrogens with one attached hydrogen (secondary N) is 6. The SMILES string of the molecule is CCC1=C(C)c2cc3[nH]c(cc4nc(c5c6[nH]c(cc1n2)c(C)c6C(=O)N(CCN1CCOCC1)C5=O)[C@@H](CCC(=O)N(C)CCNC(=O)[C@H](CCCNC(N)=O)NC(=O)[C@@H](NC(=O)CCOCCOCCOCCOCCOCCOCCOCCOCCN1C(=O)C=CC1=O)C(C)C)[C@@H]4C)c(C)c3/C=C/C(=O)OCCOCCOCCO. The quantitative estimate of drug-likeness (QED) is 0.0173. The van der Waals surface area contributed by atoms with Crippen LogP contribution in [-0.2, 0) is 90.4 Å². The number of hydrogen-bond donors (Lipinski definition) is 8. The Kier molecular flexibility index (Phi) is 40.6. The summed E-state index contributed by atoms with van der Waals surface area (Å²) >= 11 is 0. The van der Waals surface area contributed by atoms with Crippen LogP contribution in [0.2, 0.25) is 0 Å². The fraction of sp³-hybridized carbons (Fsp3) is 0.614. The van der Waals surface area contributed by atoms with Gasteiger partial charge in [-0.15, -0.1) is 0 Å². The van der Waals surface area contributed by atoms with Crippen molar-refractivity contribution in [3.8, 4) is 0 Å². The van der Waals surface area contributed by atoms with E-state index in [2.05, 4.69) is 36.1 Å². The van der Waals surface area contributed by atoms with Gasteiger partial charge in [-0.05, 0) is 98.9 Å². The molecule has 119 heavy (non-hydrogen) atoms. The van der Waals surface area contributed by atoms with Gasteiger partial charge in [0, 0.05) is 124 Å². The fourth-order valence-electron chi connectivity index (χ4n) is 13.9. The van der Waals surface area contributed by atoms with E-state index in [4.69, 9.17) is 77.7 Å². The Hall–Kier alpha value is -9.28.